The molecule has 0 aliphatic heterocycles. The standard InChI is InChI=1S/C75H47N3/c1-2-17-47(18-3-1)70-71(48-34-32-46(33-35-48)51-19-16-42-76-45-51)78-73-53(50-37-39-61-59-25-9-15-31-67(59)75(69(61)44-50)64-28-12-6-22-56(64)57-23-7-13-29-65(57)75)41-40-52(72(73)77-70)49-36-38-60-58-24-8-14-30-66(58)74(68(60)43-49)62-26-10-4-20-54(62)55-21-5-11-27-63(55)74/h1-45,54,62H. The minimum atomic E-state index is -0.489. The van der Waals surface area contributed by atoms with E-state index in [9.17, 15) is 0 Å². The van der Waals surface area contributed by atoms with Crippen LogP contribution >= 0.6 is 0 Å². The van der Waals surface area contributed by atoms with Gasteiger partial charge in [-0.15, -0.1) is 0 Å². The van der Waals surface area contributed by atoms with Gasteiger partial charge in [-0.2, -0.15) is 0 Å². The predicted molar refractivity (Wildman–Crippen MR) is 317 cm³/mol. The number of benzene rings is 10. The number of rotatable bonds is 5. The quantitative estimate of drug-likeness (QED) is 0.172. The average molecular weight is 990 g/mol. The summed E-state index contributed by atoms with van der Waals surface area (Å²) in [7, 11) is 0. The number of fused-ring (bicyclic) bond motifs is 21. The van der Waals surface area contributed by atoms with Gasteiger partial charge in [0.15, 0.2) is 0 Å². The Morgan fingerprint density at radius 2 is 0.756 bits per heavy atom. The molecule has 362 valence electrons. The molecule has 0 amide bonds. The molecule has 3 unspecified atom stereocenters. The normalized spacial score (nSPS) is 17.8. The molecule has 0 saturated heterocycles. The topological polar surface area (TPSA) is 38.7 Å². The van der Waals surface area contributed by atoms with E-state index in [4.69, 9.17) is 9.97 Å². The number of hydrogen-bond donors (Lipinski definition) is 0. The monoisotopic (exact) mass is 989 g/mol. The van der Waals surface area contributed by atoms with Gasteiger partial charge >= 0.3 is 0 Å². The second-order valence-corrected chi connectivity index (χ2v) is 21.6. The molecule has 2 aromatic heterocycles. The summed E-state index contributed by atoms with van der Waals surface area (Å²) in [5.74, 6) is 0.497. The number of hydrogen-bond acceptors (Lipinski definition) is 3. The maximum Gasteiger partial charge on any atom is 0.0979 e. The van der Waals surface area contributed by atoms with Crippen LogP contribution in [0.4, 0.5) is 0 Å². The van der Waals surface area contributed by atoms with E-state index in [1.807, 2.05) is 18.5 Å². The highest BCUT2D eigenvalue weighted by Crippen LogP contribution is 2.66. The molecule has 10 aromatic carbocycles. The number of pyridine rings is 1. The summed E-state index contributed by atoms with van der Waals surface area (Å²) in [4.78, 5) is 16.3. The van der Waals surface area contributed by atoms with E-state index in [2.05, 4.69) is 260 Å². The van der Waals surface area contributed by atoms with Crippen molar-refractivity contribution in [2.75, 3.05) is 0 Å². The second kappa shape index (κ2) is 16.3. The van der Waals surface area contributed by atoms with Crippen molar-refractivity contribution in [2.45, 2.75) is 16.7 Å². The van der Waals surface area contributed by atoms with Crippen LogP contribution in [0, 0.1) is 5.92 Å². The Bertz CT molecular complexity index is 4500. The van der Waals surface area contributed by atoms with Crippen molar-refractivity contribution in [3.63, 3.8) is 0 Å². The largest absolute Gasteiger partial charge is 0.264 e. The molecule has 12 aromatic rings. The molecule has 2 heterocycles. The Morgan fingerprint density at radius 1 is 0.308 bits per heavy atom. The summed E-state index contributed by atoms with van der Waals surface area (Å²) in [5, 5.41) is 0. The van der Waals surface area contributed by atoms with Crippen molar-refractivity contribution in [1.82, 2.24) is 15.0 Å². The molecular formula is C75H47N3. The maximum atomic E-state index is 5.95. The molecule has 2 spiro atoms. The lowest BCUT2D eigenvalue weighted by Crippen LogP contribution is -2.33. The number of allylic oxidation sites excluding steroid dienone is 4. The zero-order valence-electron chi connectivity index (χ0n) is 42.5. The zero-order chi connectivity index (χ0) is 51.1. The highest BCUT2D eigenvalue weighted by molar-refractivity contribution is 6.05. The number of nitrogens with zero attached hydrogens (tertiary/aromatic N) is 3. The molecule has 0 fully saturated rings. The van der Waals surface area contributed by atoms with Crippen LogP contribution in [-0.2, 0) is 10.8 Å². The Hall–Kier alpha value is -9.83. The lowest BCUT2D eigenvalue weighted by molar-refractivity contribution is 0.465. The Balaban J connectivity index is 0.932. The van der Waals surface area contributed by atoms with Gasteiger partial charge in [0.1, 0.15) is 0 Å². The molecule has 5 aliphatic carbocycles. The third-order valence-corrected chi connectivity index (χ3v) is 18.1. The second-order valence-electron chi connectivity index (χ2n) is 21.6. The summed E-state index contributed by atoms with van der Waals surface area (Å²) >= 11 is 0. The molecule has 78 heavy (non-hydrogen) atoms. The van der Waals surface area contributed by atoms with Crippen LogP contribution in [0.2, 0.25) is 0 Å². The van der Waals surface area contributed by atoms with Crippen LogP contribution in [0.25, 0.3) is 100 Å². The van der Waals surface area contributed by atoms with E-state index >= 15 is 0 Å². The van der Waals surface area contributed by atoms with E-state index in [1.54, 1.807) is 0 Å². The Labute approximate surface area is 453 Å². The molecule has 0 radical (unpaired) electrons. The van der Waals surface area contributed by atoms with Crippen LogP contribution in [-0.4, -0.2) is 15.0 Å². The Morgan fingerprint density at radius 3 is 1.37 bits per heavy atom. The lowest BCUT2D eigenvalue weighted by atomic mass is 9.65. The van der Waals surface area contributed by atoms with E-state index < -0.39 is 5.41 Å². The molecule has 3 atom stereocenters. The van der Waals surface area contributed by atoms with E-state index in [0.717, 1.165) is 66.9 Å². The first-order valence-electron chi connectivity index (χ1n) is 27.2. The maximum absolute atomic E-state index is 5.95. The van der Waals surface area contributed by atoms with Crippen molar-refractivity contribution in [3.8, 4) is 89.3 Å². The van der Waals surface area contributed by atoms with Crippen LogP contribution in [0.15, 0.2) is 273 Å². The Kier molecular flexibility index (Phi) is 9.09. The van der Waals surface area contributed by atoms with Crippen molar-refractivity contribution in [1.29, 1.82) is 0 Å². The van der Waals surface area contributed by atoms with Crippen molar-refractivity contribution >= 4 is 11.0 Å². The van der Waals surface area contributed by atoms with Gasteiger partial charge in [0.2, 0.25) is 0 Å². The van der Waals surface area contributed by atoms with Gasteiger partial charge in [-0.3, -0.25) is 4.98 Å². The third kappa shape index (κ3) is 5.75. The van der Waals surface area contributed by atoms with E-state index in [0.29, 0.717) is 0 Å². The van der Waals surface area contributed by atoms with Gasteiger partial charge in [0.05, 0.1) is 33.3 Å². The molecule has 17 rings (SSSR count). The van der Waals surface area contributed by atoms with Crippen LogP contribution in [0.3, 0.4) is 0 Å². The van der Waals surface area contributed by atoms with Crippen LogP contribution < -0.4 is 0 Å². The summed E-state index contributed by atoms with van der Waals surface area (Å²) < 4.78 is 0. The van der Waals surface area contributed by atoms with Crippen molar-refractivity contribution in [3.05, 3.63) is 318 Å². The summed E-state index contributed by atoms with van der Waals surface area (Å²) in [5.41, 5.74) is 29.6. The molecule has 0 saturated carbocycles. The molecule has 5 aliphatic rings. The summed E-state index contributed by atoms with van der Waals surface area (Å²) in [6.45, 7) is 0. The van der Waals surface area contributed by atoms with Gasteiger partial charge < -0.3 is 0 Å². The first kappa shape index (κ1) is 43.4. The molecule has 0 bridgehead atoms. The van der Waals surface area contributed by atoms with Gasteiger partial charge in [-0.05, 0) is 118 Å². The van der Waals surface area contributed by atoms with Gasteiger partial charge in [0.25, 0.3) is 0 Å². The fraction of sp³-hybridized carbons (Fsp3) is 0.0533. The molecule has 0 N–H and O–H groups in total. The summed E-state index contributed by atoms with van der Waals surface area (Å²) in [6, 6.07) is 88.0. The molecule has 3 nitrogen and oxygen atoms in total. The van der Waals surface area contributed by atoms with Crippen LogP contribution in [0.5, 0.6) is 0 Å². The molecule has 3 heteroatoms. The smallest absolute Gasteiger partial charge is 0.0979 e. The predicted octanol–water partition coefficient (Wildman–Crippen LogP) is 17.9. The minimum Gasteiger partial charge on any atom is -0.264 e. The summed E-state index contributed by atoms with van der Waals surface area (Å²) in [6.07, 6.45) is 13.1. The average Bonchev–Trinajstić information content (AvgIpc) is 3.12. The fourth-order valence-corrected chi connectivity index (χ4v) is 15.0. The van der Waals surface area contributed by atoms with Crippen molar-refractivity contribution < 1.29 is 0 Å². The van der Waals surface area contributed by atoms with Gasteiger partial charge in [-0.25, -0.2) is 9.97 Å². The van der Waals surface area contributed by atoms with E-state index in [-0.39, 0.29) is 17.3 Å². The highest BCUT2D eigenvalue weighted by atomic mass is 14.8. The number of aromatic nitrogens is 3. The first-order chi connectivity index (χ1) is 38.7. The first-order valence-corrected chi connectivity index (χ1v) is 27.2. The van der Waals surface area contributed by atoms with Crippen molar-refractivity contribution in [2.24, 2.45) is 5.92 Å². The highest BCUT2D eigenvalue weighted by Gasteiger charge is 2.57. The van der Waals surface area contributed by atoms with E-state index in [1.165, 1.54) is 77.9 Å². The van der Waals surface area contributed by atoms with Gasteiger partial charge in [-0.1, -0.05) is 243 Å². The van der Waals surface area contributed by atoms with Crippen LogP contribution in [0.1, 0.15) is 50.4 Å². The zero-order valence-corrected chi connectivity index (χ0v) is 42.5. The lowest BCUT2D eigenvalue weighted by Gasteiger charge is -2.36. The fourth-order valence-electron chi connectivity index (χ4n) is 15.0. The van der Waals surface area contributed by atoms with Gasteiger partial charge in [0, 0.05) is 46.5 Å². The SMILES string of the molecule is C1=CC2c3ccccc3C3(c4ccccc4-c4ccc(-c5ccc(-c6ccc7c(c6)C6(c8ccccc8-c8ccccc86)c6ccccc6-7)c6nc(-c7ccc(-c8cccnc8)cc7)c(-c7ccccc7)nc56)cc43)C2C=C1. The third-order valence-electron chi connectivity index (χ3n) is 18.1. The minimum absolute atomic E-state index is 0.223. The molecular weight excluding hydrogens is 943 g/mol.